The summed E-state index contributed by atoms with van der Waals surface area (Å²) in [6.07, 6.45) is 5.45. The van der Waals surface area contributed by atoms with Crippen molar-refractivity contribution in [1.82, 2.24) is 4.31 Å². The Balaban J connectivity index is 1.69. The number of nitrogens with one attached hydrogen (secondary N) is 1. The Morgan fingerprint density at radius 1 is 1.25 bits per heavy atom. The van der Waals surface area contributed by atoms with Crippen LogP contribution in [0.1, 0.15) is 31.2 Å². The van der Waals surface area contributed by atoms with Crippen LogP contribution in [-0.4, -0.2) is 31.9 Å². The lowest BCUT2D eigenvalue weighted by atomic mass is 10.0. The Hall–Kier alpha value is -1.07. The molecule has 1 N–H and O–H groups in total. The predicted octanol–water partition coefficient (Wildman–Crippen LogP) is 2.22. The smallest absolute Gasteiger partial charge is 0.243 e. The lowest BCUT2D eigenvalue weighted by molar-refractivity contribution is 0.333. The highest BCUT2D eigenvalue weighted by Gasteiger charge is 2.44. The van der Waals surface area contributed by atoms with Crippen LogP contribution in [0.15, 0.2) is 23.1 Å². The van der Waals surface area contributed by atoms with Crippen LogP contribution >= 0.6 is 0 Å². The molecule has 108 valence electrons. The van der Waals surface area contributed by atoms with E-state index >= 15 is 0 Å². The van der Waals surface area contributed by atoms with Gasteiger partial charge in [-0.15, -0.1) is 0 Å². The molecule has 0 aromatic heterocycles. The Kier molecular flexibility index (Phi) is 2.82. The molecule has 20 heavy (non-hydrogen) atoms. The van der Waals surface area contributed by atoms with Crippen LogP contribution in [0, 0.1) is 5.92 Å². The number of fused-ring (bicyclic) bond motifs is 3. The van der Waals surface area contributed by atoms with E-state index in [4.69, 9.17) is 0 Å². The summed E-state index contributed by atoms with van der Waals surface area (Å²) in [4.78, 5) is 0.457. The fourth-order valence-electron chi connectivity index (χ4n) is 3.91. The van der Waals surface area contributed by atoms with Gasteiger partial charge in [0.25, 0.3) is 0 Å². The maximum Gasteiger partial charge on any atom is 0.243 e. The number of benzene rings is 1. The second-order valence-electron chi connectivity index (χ2n) is 6.26. The third kappa shape index (κ3) is 1.87. The molecule has 3 aliphatic rings. The molecule has 2 fully saturated rings. The molecule has 1 aromatic rings. The summed E-state index contributed by atoms with van der Waals surface area (Å²) in [5.41, 5.74) is 2.24. The van der Waals surface area contributed by atoms with Crippen molar-refractivity contribution in [3.63, 3.8) is 0 Å². The summed E-state index contributed by atoms with van der Waals surface area (Å²) in [7, 11) is -3.31. The number of nitrogens with zero attached hydrogens (tertiary/aromatic N) is 1. The quantitative estimate of drug-likeness (QED) is 0.909. The fourth-order valence-corrected chi connectivity index (χ4v) is 5.68. The zero-order chi connectivity index (χ0) is 13.7. The summed E-state index contributed by atoms with van der Waals surface area (Å²) in [5.74, 6) is 0.588. The van der Waals surface area contributed by atoms with Gasteiger partial charge < -0.3 is 5.32 Å². The number of hydrogen-bond donors (Lipinski definition) is 1. The van der Waals surface area contributed by atoms with Crippen molar-refractivity contribution in [3.05, 3.63) is 23.8 Å². The fraction of sp³-hybridized carbons (Fsp3) is 0.600. The van der Waals surface area contributed by atoms with Gasteiger partial charge in [0, 0.05) is 24.8 Å². The molecule has 4 rings (SSSR count). The molecule has 1 aromatic carbocycles. The number of rotatable bonds is 2. The number of anilines is 1. The summed E-state index contributed by atoms with van der Waals surface area (Å²) in [6, 6.07) is 5.83. The van der Waals surface area contributed by atoms with Crippen LogP contribution in [0.4, 0.5) is 5.69 Å². The Morgan fingerprint density at radius 3 is 2.90 bits per heavy atom. The molecule has 2 aliphatic heterocycles. The largest absolute Gasteiger partial charge is 0.385 e. The Morgan fingerprint density at radius 2 is 2.15 bits per heavy atom. The third-order valence-electron chi connectivity index (χ3n) is 4.99. The lowest BCUT2D eigenvalue weighted by Gasteiger charge is -2.27. The minimum Gasteiger partial charge on any atom is -0.385 e. The van der Waals surface area contributed by atoms with Gasteiger partial charge in [0.2, 0.25) is 10.0 Å². The number of hydrogen-bond acceptors (Lipinski definition) is 3. The Bertz CT molecular complexity index is 641. The maximum atomic E-state index is 12.8. The van der Waals surface area contributed by atoms with Crippen LogP contribution in [0.5, 0.6) is 0 Å². The predicted molar refractivity (Wildman–Crippen MR) is 78.3 cm³/mol. The van der Waals surface area contributed by atoms with Crippen LogP contribution in [0.3, 0.4) is 0 Å². The molecule has 2 heterocycles. The summed E-state index contributed by atoms with van der Waals surface area (Å²) >= 11 is 0. The highest BCUT2D eigenvalue weighted by atomic mass is 32.2. The van der Waals surface area contributed by atoms with E-state index in [1.807, 2.05) is 12.1 Å². The molecule has 4 nitrogen and oxygen atoms in total. The van der Waals surface area contributed by atoms with Gasteiger partial charge in [-0.05, 0) is 55.7 Å². The second kappa shape index (κ2) is 4.46. The minimum atomic E-state index is -3.31. The first-order chi connectivity index (χ1) is 9.64. The molecule has 1 saturated heterocycles. The zero-order valence-electron chi connectivity index (χ0n) is 11.5. The van der Waals surface area contributed by atoms with Crippen molar-refractivity contribution < 1.29 is 8.42 Å². The molecule has 0 radical (unpaired) electrons. The molecule has 2 bridgehead atoms. The van der Waals surface area contributed by atoms with Gasteiger partial charge in [-0.1, -0.05) is 6.07 Å². The normalized spacial score (nSPS) is 29.2. The lowest BCUT2D eigenvalue weighted by Crippen LogP contribution is -2.37. The topological polar surface area (TPSA) is 49.4 Å². The second-order valence-corrected chi connectivity index (χ2v) is 8.15. The molecule has 1 aliphatic carbocycles. The minimum absolute atomic E-state index is 0.244. The van der Waals surface area contributed by atoms with E-state index < -0.39 is 10.0 Å². The van der Waals surface area contributed by atoms with Crippen molar-refractivity contribution >= 4 is 15.7 Å². The van der Waals surface area contributed by atoms with Gasteiger partial charge in [-0.25, -0.2) is 8.42 Å². The van der Waals surface area contributed by atoms with Gasteiger partial charge in [0.15, 0.2) is 0 Å². The summed E-state index contributed by atoms with van der Waals surface area (Å²) in [6.45, 7) is 1.66. The maximum absolute atomic E-state index is 12.8. The molecule has 0 amide bonds. The first kappa shape index (κ1) is 12.7. The van der Waals surface area contributed by atoms with Crippen molar-refractivity contribution in [1.29, 1.82) is 0 Å². The van der Waals surface area contributed by atoms with E-state index in [0.717, 1.165) is 44.5 Å². The average Bonchev–Trinajstić information content (AvgIpc) is 3.09. The van der Waals surface area contributed by atoms with E-state index in [-0.39, 0.29) is 6.04 Å². The third-order valence-corrected chi connectivity index (χ3v) is 6.90. The van der Waals surface area contributed by atoms with Gasteiger partial charge >= 0.3 is 0 Å². The molecule has 5 heteroatoms. The molecule has 2 atom stereocenters. The number of aryl methyl sites for hydroxylation is 1. The van der Waals surface area contributed by atoms with Crippen LogP contribution in [0.2, 0.25) is 0 Å². The van der Waals surface area contributed by atoms with E-state index in [0.29, 0.717) is 10.8 Å². The highest BCUT2D eigenvalue weighted by molar-refractivity contribution is 7.89. The van der Waals surface area contributed by atoms with Crippen LogP contribution < -0.4 is 5.32 Å². The first-order valence-electron chi connectivity index (χ1n) is 7.53. The molecular formula is C15H20N2O2S. The van der Waals surface area contributed by atoms with Gasteiger partial charge in [0.1, 0.15) is 0 Å². The van der Waals surface area contributed by atoms with Crippen molar-refractivity contribution in [2.24, 2.45) is 5.92 Å². The van der Waals surface area contributed by atoms with E-state index in [1.54, 1.807) is 10.4 Å². The van der Waals surface area contributed by atoms with Crippen molar-refractivity contribution in [2.45, 2.75) is 43.0 Å². The van der Waals surface area contributed by atoms with Crippen LogP contribution in [-0.2, 0) is 16.4 Å². The SMILES string of the molecule is O=S(=O)(c1ccc2c(c1)NCCC2)N1CC2CCC1C2. The van der Waals surface area contributed by atoms with Crippen LogP contribution in [0.25, 0.3) is 0 Å². The Labute approximate surface area is 120 Å². The number of sulfonamides is 1. The molecule has 2 unspecified atom stereocenters. The molecular weight excluding hydrogens is 272 g/mol. The standard InChI is InChI=1S/C15H20N2O2S/c18-20(19,17-10-11-3-5-13(17)8-11)14-6-4-12-2-1-7-16-15(12)9-14/h4,6,9,11,13,16H,1-3,5,7-8,10H2. The monoisotopic (exact) mass is 292 g/mol. The first-order valence-corrected chi connectivity index (χ1v) is 8.97. The van der Waals surface area contributed by atoms with Gasteiger partial charge in [0.05, 0.1) is 4.90 Å². The summed E-state index contributed by atoms with van der Waals surface area (Å²) < 4.78 is 27.4. The van der Waals surface area contributed by atoms with Gasteiger partial charge in [-0.2, -0.15) is 4.31 Å². The van der Waals surface area contributed by atoms with Crippen molar-refractivity contribution in [3.8, 4) is 0 Å². The van der Waals surface area contributed by atoms with E-state index in [9.17, 15) is 8.42 Å². The van der Waals surface area contributed by atoms with E-state index in [1.165, 1.54) is 12.0 Å². The zero-order valence-corrected chi connectivity index (χ0v) is 12.3. The molecule has 0 spiro atoms. The van der Waals surface area contributed by atoms with Crippen molar-refractivity contribution in [2.75, 3.05) is 18.4 Å². The van der Waals surface area contributed by atoms with E-state index in [2.05, 4.69) is 5.32 Å². The summed E-state index contributed by atoms with van der Waals surface area (Å²) in [5, 5.41) is 3.32. The highest BCUT2D eigenvalue weighted by Crippen LogP contribution is 2.41. The number of piperidine rings is 1. The average molecular weight is 292 g/mol. The van der Waals surface area contributed by atoms with Gasteiger partial charge in [-0.3, -0.25) is 0 Å². The molecule has 1 saturated carbocycles.